The summed E-state index contributed by atoms with van der Waals surface area (Å²) in [7, 11) is 1.66. The lowest BCUT2D eigenvalue weighted by Crippen LogP contribution is -2.09. The average Bonchev–Trinajstić information content (AvgIpc) is 2.97. The molecule has 4 heteroatoms. The zero-order valence-corrected chi connectivity index (χ0v) is 11.3. The third-order valence-corrected chi connectivity index (χ3v) is 3.62. The lowest BCUT2D eigenvalue weighted by molar-refractivity contribution is 0.415. The molecule has 2 aromatic rings. The topological polar surface area (TPSA) is 33.3 Å². The molecule has 3 rings (SSSR count). The molecule has 0 unspecified atom stereocenters. The molecule has 0 atom stereocenters. The fourth-order valence-corrected chi connectivity index (χ4v) is 2.43. The van der Waals surface area contributed by atoms with Crippen LogP contribution in [0, 0.1) is 6.20 Å². The van der Waals surface area contributed by atoms with Crippen LogP contribution in [0.2, 0.25) is 0 Å². The Kier molecular flexibility index (Phi) is 3.25. The molecular weight excluding hydrogens is 256 g/mol. The molecule has 19 heavy (non-hydrogen) atoms. The Morgan fingerprint density at radius 2 is 2.16 bits per heavy atom. The first-order valence-electron chi connectivity index (χ1n) is 5.91. The number of rotatable bonds is 3. The van der Waals surface area contributed by atoms with E-state index in [-0.39, 0.29) is 0 Å². The van der Waals surface area contributed by atoms with Gasteiger partial charge in [0.1, 0.15) is 5.75 Å². The number of benzene rings is 1. The van der Waals surface area contributed by atoms with E-state index in [2.05, 4.69) is 34.4 Å². The summed E-state index contributed by atoms with van der Waals surface area (Å²) in [4.78, 5) is 1.22. The van der Waals surface area contributed by atoms with Crippen LogP contribution in [0.25, 0.3) is 6.08 Å². The number of fused-ring (bicyclic) bond motifs is 1. The SMILES string of the molecule is COc1ccc2c(c1)NC(C=Cc1cccs1)=[C]N2. The van der Waals surface area contributed by atoms with Gasteiger partial charge in [-0.1, -0.05) is 6.07 Å². The van der Waals surface area contributed by atoms with Crippen molar-refractivity contribution in [2.24, 2.45) is 0 Å². The van der Waals surface area contributed by atoms with Crippen LogP contribution in [-0.4, -0.2) is 7.11 Å². The summed E-state index contributed by atoms with van der Waals surface area (Å²) in [6.07, 6.45) is 7.17. The van der Waals surface area contributed by atoms with Crippen LogP contribution < -0.4 is 15.4 Å². The summed E-state index contributed by atoms with van der Waals surface area (Å²) >= 11 is 1.71. The molecule has 95 valence electrons. The quantitative estimate of drug-likeness (QED) is 0.885. The number of hydrogen-bond donors (Lipinski definition) is 2. The predicted molar refractivity (Wildman–Crippen MR) is 80.3 cm³/mol. The van der Waals surface area contributed by atoms with Crippen LogP contribution in [0.4, 0.5) is 11.4 Å². The van der Waals surface area contributed by atoms with Crippen LogP contribution in [0.15, 0.2) is 47.5 Å². The first-order chi connectivity index (χ1) is 9.35. The maximum absolute atomic E-state index is 5.22. The van der Waals surface area contributed by atoms with Crippen molar-refractivity contribution in [1.82, 2.24) is 0 Å². The Morgan fingerprint density at radius 3 is 2.95 bits per heavy atom. The van der Waals surface area contributed by atoms with E-state index < -0.39 is 0 Å². The van der Waals surface area contributed by atoms with Gasteiger partial charge < -0.3 is 15.4 Å². The van der Waals surface area contributed by atoms with Crippen molar-refractivity contribution < 1.29 is 4.74 Å². The Bertz CT molecular complexity index is 630. The summed E-state index contributed by atoms with van der Waals surface area (Å²) in [5.74, 6) is 0.830. The van der Waals surface area contributed by atoms with Gasteiger partial charge in [0.2, 0.25) is 0 Å². The van der Waals surface area contributed by atoms with E-state index in [1.54, 1.807) is 18.4 Å². The van der Waals surface area contributed by atoms with Gasteiger partial charge in [0.05, 0.1) is 30.4 Å². The van der Waals surface area contributed by atoms with Crippen LogP contribution >= 0.6 is 11.3 Å². The highest BCUT2D eigenvalue weighted by Crippen LogP contribution is 2.30. The molecule has 2 heterocycles. The highest BCUT2D eigenvalue weighted by Gasteiger charge is 2.09. The van der Waals surface area contributed by atoms with Crippen molar-refractivity contribution in [3.63, 3.8) is 0 Å². The zero-order valence-electron chi connectivity index (χ0n) is 10.4. The molecule has 1 aliphatic heterocycles. The molecule has 1 radical (unpaired) electrons. The molecular formula is C15H13N2OS. The standard InChI is InChI=1S/C15H13N2OS/c1-18-12-5-7-14-15(9-12)17-11(10-16-14)4-6-13-3-2-8-19-13/h2-9,16-17H,1H3. The number of hydrogen-bond acceptors (Lipinski definition) is 4. The van der Waals surface area contributed by atoms with Gasteiger partial charge in [-0.3, -0.25) is 0 Å². The Balaban J connectivity index is 1.78. The van der Waals surface area contributed by atoms with Crippen LogP contribution in [-0.2, 0) is 0 Å². The van der Waals surface area contributed by atoms with Gasteiger partial charge in [0.25, 0.3) is 0 Å². The van der Waals surface area contributed by atoms with Crippen LogP contribution in [0.5, 0.6) is 5.75 Å². The molecule has 0 saturated heterocycles. The van der Waals surface area contributed by atoms with Gasteiger partial charge in [0, 0.05) is 10.9 Å². The number of ether oxygens (including phenoxy) is 1. The first kappa shape index (κ1) is 11.9. The molecule has 0 amide bonds. The highest BCUT2D eigenvalue weighted by molar-refractivity contribution is 7.10. The van der Waals surface area contributed by atoms with E-state index in [4.69, 9.17) is 4.74 Å². The van der Waals surface area contributed by atoms with E-state index in [1.807, 2.05) is 30.3 Å². The Hall–Kier alpha value is -2.20. The number of thiophene rings is 1. The minimum absolute atomic E-state index is 0.830. The van der Waals surface area contributed by atoms with Gasteiger partial charge in [0.15, 0.2) is 0 Å². The minimum Gasteiger partial charge on any atom is -0.497 e. The minimum atomic E-state index is 0.830. The molecule has 2 N–H and O–H groups in total. The lowest BCUT2D eigenvalue weighted by atomic mass is 10.2. The van der Waals surface area contributed by atoms with Gasteiger partial charge >= 0.3 is 0 Å². The summed E-state index contributed by atoms with van der Waals surface area (Å²) < 4.78 is 5.22. The number of allylic oxidation sites excluding steroid dienone is 1. The normalized spacial score (nSPS) is 13.4. The second-order valence-electron chi connectivity index (χ2n) is 4.05. The van der Waals surface area contributed by atoms with Crippen LogP contribution in [0.3, 0.4) is 0 Å². The fourth-order valence-electron chi connectivity index (χ4n) is 1.81. The van der Waals surface area contributed by atoms with Crippen molar-refractivity contribution in [3.8, 4) is 5.75 Å². The second-order valence-corrected chi connectivity index (χ2v) is 5.03. The van der Waals surface area contributed by atoms with Gasteiger partial charge in [-0.25, -0.2) is 0 Å². The second kappa shape index (κ2) is 5.20. The monoisotopic (exact) mass is 269 g/mol. The zero-order chi connectivity index (χ0) is 13.1. The van der Waals surface area contributed by atoms with Crippen molar-refractivity contribution >= 4 is 28.8 Å². The Morgan fingerprint density at radius 1 is 1.21 bits per heavy atom. The van der Waals surface area contributed by atoms with Gasteiger partial charge in [-0.2, -0.15) is 0 Å². The molecule has 1 aliphatic rings. The van der Waals surface area contributed by atoms with E-state index in [1.165, 1.54) is 4.88 Å². The Labute approximate surface area is 116 Å². The lowest BCUT2D eigenvalue weighted by Gasteiger charge is -2.18. The van der Waals surface area contributed by atoms with Gasteiger partial charge in [-0.05, 0) is 35.7 Å². The molecule has 3 nitrogen and oxygen atoms in total. The average molecular weight is 269 g/mol. The van der Waals surface area contributed by atoms with Crippen molar-refractivity contribution in [2.75, 3.05) is 17.7 Å². The molecule has 1 aromatic carbocycles. The number of nitrogens with one attached hydrogen (secondary N) is 2. The summed E-state index contributed by atoms with van der Waals surface area (Å²) in [5, 5.41) is 8.52. The largest absolute Gasteiger partial charge is 0.497 e. The maximum atomic E-state index is 5.22. The number of anilines is 2. The van der Waals surface area contributed by atoms with E-state index >= 15 is 0 Å². The highest BCUT2D eigenvalue weighted by atomic mass is 32.1. The molecule has 1 aromatic heterocycles. The fraction of sp³-hybridized carbons (Fsp3) is 0.0667. The van der Waals surface area contributed by atoms with E-state index in [0.29, 0.717) is 0 Å². The molecule has 0 fully saturated rings. The molecule has 0 aliphatic carbocycles. The van der Waals surface area contributed by atoms with Crippen molar-refractivity contribution in [3.05, 3.63) is 58.6 Å². The maximum Gasteiger partial charge on any atom is 0.121 e. The van der Waals surface area contributed by atoms with Crippen molar-refractivity contribution in [2.45, 2.75) is 0 Å². The van der Waals surface area contributed by atoms with Crippen molar-refractivity contribution in [1.29, 1.82) is 0 Å². The number of methoxy groups -OCH3 is 1. The summed E-state index contributed by atoms with van der Waals surface area (Å²) in [6.45, 7) is 0. The van der Waals surface area contributed by atoms with E-state index in [0.717, 1.165) is 22.8 Å². The van der Waals surface area contributed by atoms with Crippen LogP contribution in [0.1, 0.15) is 4.88 Å². The third kappa shape index (κ3) is 2.63. The smallest absolute Gasteiger partial charge is 0.121 e. The molecule has 0 bridgehead atoms. The third-order valence-electron chi connectivity index (χ3n) is 2.79. The van der Waals surface area contributed by atoms with Gasteiger partial charge in [-0.15, -0.1) is 11.3 Å². The van der Waals surface area contributed by atoms with E-state index in [9.17, 15) is 0 Å². The molecule has 0 saturated carbocycles. The summed E-state index contributed by atoms with van der Waals surface area (Å²) in [5.41, 5.74) is 2.88. The molecule has 0 spiro atoms. The first-order valence-corrected chi connectivity index (χ1v) is 6.79. The summed E-state index contributed by atoms with van der Waals surface area (Å²) in [6, 6.07) is 9.96. The predicted octanol–water partition coefficient (Wildman–Crippen LogP) is 3.95.